The lowest BCUT2D eigenvalue weighted by Crippen LogP contribution is -2.15. The normalized spacial score (nSPS) is 18.1. The Kier molecular flexibility index (Phi) is 3.90. The first kappa shape index (κ1) is 13.0. The van der Waals surface area contributed by atoms with Crippen molar-refractivity contribution in [3.8, 4) is 23.7 Å². The molecule has 1 atom stereocenters. The summed E-state index contributed by atoms with van der Waals surface area (Å²) in [5, 5.41) is 0. The third-order valence-corrected chi connectivity index (χ3v) is 3.73. The lowest BCUT2D eigenvalue weighted by atomic mass is 10.1. The van der Waals surface area contributed by atoms with Crippen molar-refractivity contribution in [2.24, 2.45) is 0 Å². The van der Waals surface area contributed by atoms with E-state index in [1.54, 1.807) is 0 Å². The molecule has 3 rings (SSSR count). The van der Waals surface area contributed by atoms with Crippen molar-refractivity contribution in [2.75, 3.05) is 6.61 Å². The highest BCUT2D eigenvalue weighted by Gasteiger charge is 2.21. The standard InChI is InChI=1S/C18H18O2/c1-2-11-19-16-9-6-10-17-15(12-16)13-18(20-17)14-7-4-3-5-8-14/h1,3-5,7-8,13,16H,6,9-12H2/t16-/m1/s1. The smallest absolute Gasteiger partial charge is 0.134 e. The number of aryl methyl sites for hydroxylation is 1. The van der Waals surface area contributed by atoms with E-state index in [9.17, 15) is 0 Å². The maximum absolute atomic E-state index is 6.03. The fourth-order valence-electron chi connectivity index (χ4n) is 2.74. The minimum atomic E-state index is 0.216. The van der Waals surface area contributed by atoms with Gasteiger partial charge in [-0.25, -0.2) is 0 Å². The van der Waals surface area contributed by atoms with Gasteiger partial charge in [0.1, 0.15) is 18.1 Å². The van der Waals surface area contributed by atoms with Gasteiger partial charge in [-0.05, 0) is 24.5 Å². The molecule has 1 aromatic carbocycles. The molecule has 0 bridgehead atoms. The first-order valence-electron chi connectivity index (χ1n) is 7.09. The minimum Gasteiger partial charge on any atom is -0.461 e. The quantitative estimate of drug-likeness (QED) is 0.622. The van der Waals surface area contributed by atoms with Crippen LogP contribution in [0.3, 0.4) is 0 Å². The lowest BCUT2D eigenvalue weighted by Gasteiger charge is -2.12. The third kappa shape index (κ3) is 2.79. The van der Waals surface area contributed by atoms with Crippen molar-refractivity contribution >= 4 is 0 Å². The molecule has 1 aliphatic carbocycles. The summed E-state index contributed by atoms with van der Waals surface area (Å²) in [6.45, 7) is 0.392. The maximum atomic E-state index is 6.03. The third-order valence-electron chi connectivity index (χ3n) is 3.73. The number of fused-ring (bicyclic) bond motifs is 1. The van der Waals surface area contributed by atoms with Crippen LogP contribution in [0, 0.1) is 12.3 Å². The van der Waals surface area contributed by atoms with Gasteiger partial charge in [0.05, 0.1) is 6.10 Å². The second-order valence-corrected chi connectivity index (χ2v) is 5.16. The highest BCUT2D eigenvalue weighted by molar-refractivity contribution is 5.58. The number of hydrogen-bond donors (Lipinski definition) is 0. The van der Waals surface area contributed by atoms with Gasteiger partial charge >= 0.3 is 0 Å². The van der Waals surface area contributed by atoms with Crippen LogP contribution in [0.5, 0.6) is 0 Å². The Labute approximate surface area is 119 Å². The number of benzene rings is 1. The molecule has 0 spiro atoms. The van der Waals surface area contributed by atoms with Gasteiger partial charge in [-0.1, -0.05) is 36.3 Å². The van der Waals surface area contributed by atoms with E-state index in [2.05, 4.69) is 24.1 Å². The van der Waals surface area contributed by atoms with Gasteiger partial charge in [0.2, 0.25) is 0 Å². The molecule has 102 valence electrons. The molecule has 0 aliphatic heterocycles. The molecule has 0 unspecified atom stereocenters. The topological polar surface area (TPSA) is 22.4 Å². The summed E-state index contributed by atoms with van der Waals surface area (Å²) >= 11 is 0. The summed E-state index contributed by atoms with van der Waals surface area (Å²) in [5.74, 6) is 4.60. The number of terminal acetylenes is 1. The molecular formula is C18H18O2. The van der Waals surface area contributed by atoms with E-state index in [-0.39, 0.29) is 6.10 Å². The van der Waals surface area contributed by atoms with Crippen molar-refractivity contribution in [2.45, 2.75) is 31.8 Å². The monoisotopic (exact) mass is 266 g/mol. The number of rotatable bonds is 3. The molecule has 1 aromatic heterocycles. The van der Waals surface area contributed by atoms with Crippen LogP contribution in [-0.2, 0) is 17.6 Å². The summed E-state index contributed by atoms with van der Waals surface area (Å²) in [6.07, 6.45) is 9.50. The molecule has 0 fully saturated rings. The van der Waals surface area contributed by atoms with E-state index in [4.69, 9.17) is 15.6 Å². The summed E-state index contributed by atoms with van der Waals surface area (Å²) in [6, 6.07) is 12.4. The molecule has 2 nitrogen and oxygen atoms in total. The molecule has 0 N–H and O–H groups in total. The Morgan fingerprint density at radius 2 is 2.15 bits per heavy atom. The zero-order valence-electron chi connectivity index (χ0n) is 11.5. The van der Waals surface area contributed by atoms with Gasteiger partial charge < -0.3 is 9.15 Å². The Morgan fingerprint density at radius 1 is 1.30 bits per heavy atom. The summed E-state index contributed by atoms with van der Waals surface area (Å²) < 4.78 is 11.7. The van der Waals surface area contributed by atoms with Crippen molar-refractivity contribution in [1.82, 2.24) is 0 Å². The van der Waals surface area contributed by atoms with Crippen molar-refractivity contribution in [3.05, 3.63) is 47.7 Å². The lowest BCUT2D eigenvalue weighted by molar-refractivity contribution is 0.0722. The number of furan rings is 1. The Morgan fingerprint density at radius 3 is 2.95 bits per heavy atom. The van der Waals surface area contributed by atoms with Gasteiger partial charge in [-0.15, -0.1) is 6.42 Å². The molecule has 20 heavy (non-hydrogen) atoms. The van der Waals surface area contributed by atoms with Crippen LogP contribution in [0.4, 0.5) is 0 Å². The van der Waals surface area contributed by atoms with E-state index in [1.165, 1.54) is 5.56 Å². The van der Waals surface area contributed by atoms with Crippen molar-refractivity contribution < 1.29 is 9.15 Å². The van der Waals surface area contributed by atoms with E-state index < -0.39 is 0 Å². The average Bonchev–Trinajstić information content (AvgIpc) is 2.79. The number of hydrogen-bond acceptors (Lipinski definition) is 2. The van der Waals surface area contributed by atoms with Crippen LogP contribution in [0.25, 0.3) is 11.3 Å². The molecule has 1 aliphatic rings. The highest BCUT2D eigenvalue weighted by Crippen LogP contribution is 2.30. The van der Waals surface area contributed by atoms with E-state index in [1.807, 2.05) is 18.2 Å². The van der Waals surface area contributed by atoms with Gasteiger partial charge in [-0.3, -0.25) is 0 Å². The van der Waals surface area contributed by atoms with Crippen LogP contribution in [-0.4, -0.2) is 12.7 Å². The SMILES string of the molecule is C#CCO[C@@H]1CCCc2oc(-c3ccccc3)cc2C1. The van der Waals surface area contributed by atoms with E-state index >= 15 is 0 Å². The molecule has 2 aromatic rings. The first-order valence-corrected chi connectivity index (χ1v) is 7.09. The summed E-state index contributed by atoms with van der Waals surface area (Å²) in [5.41, 5.74) is 2.39. The minimum absolute atomic E-state index is 0.216. The van der Waals surface area contributed by atoms with Crippen LogP contribution in [0.2, 0.25) is 0 Å². The Balaban J connectivity index is 1.82. The molecule has 0 saturated heterocycles. The molecule has 1 heterocycles. The van der Waals surface area contributed by atoms with Crippen LogP contribution in [0.15, 0.2) is 40.8 Å². The Bertz CT molecular complexity index is 604. The van der Waals surface area contributed by atoms with E-state index in [0.29, 0.717) is 6.61 Å². The van der Waals surface area contributed by atoms with Crippen molar-refractivity contribution in [1.29, 1.82) is 0 Å². The first-order chi connectivity index (χ1) is 9.86. The molecule has 2 heteroatoms. The van der Waals surface area contributed by atoms with Gasteiger partial charge in [-0.2, -0.15) is 0 Å². The molecule has 0 saturated carbocycles. The van der Waals surface area contributed by atoms with Gasteiger partial charge in [0, 0.05) is 18.4 Å². The zero-order valence-corrected chi connectivity index (χ0v) is 11.5. The number of ether oxygens (including phenoxy) is 1. The largest absolute Gasteiger partial charge is 0.461 e. The maximum Gasteiger partial charge on any atom is 0.134 e. The van der Waals surface area contributed by atoms with Gasteiger partial charge in [0.15, 0.2) is 0 Å². The molecular weight excluding hydrogens is 248 g/mol. The molecule has 0 radical (unpaired) electrons. The second kappa shape index (κ2) is 5.98. The predicted octanol–water partition coefficient (Wildman–Crippen LogP) is 3.84. The highest BCUT2D eigenvalue weighted by atomic mass is 16.5. The van der Waals surface area contributed by atoms with Crippen LogP contribution >= 0.6 is 0 Å². The average molecular weight is 266 g/mol. The van der Waals surface area contributed by atoms with Crippen LogP contribution in [0.1, 0.15) is 24.2 Å². The second-order valence-electron chi connectivity index (χ2n) is 5.16. The summed E-state index contributed by atoms with van der Waals surface area (Å²) in [7, 11) is 0. The summed E-state index contributed by atoms with van der Waals surface area (Å²) in [4.78, 5) is 0. The zero-order chi connectivity index (χ0) is 13.8. The fourth-order valence-corrected chi connectivity index (χ4v) is 2.74. The fraction of sp³-hybridized carbons (Fsp3) is 0.333. The van der Waals surface area contributed by atoms with Gasteiger partial charge in [0.25, 0.3) is 0 Å². The molecule has 0 amide bonds. The van der Waals surface area contributed by atoms with Crippen molar-refractivity contribution in [3.63, 3.8) is 0 Å². The Hall–Kier alpha value is -1.98. The van der Waals surface area contributed by atoms with Crippen LogP contribution < -0.4 is 0 Å². The van der Waals surface area contributed by atoms with E-state index in [0.717, 1.165) is 42.8 Å². The predicted molar refractivity (Wildman–Crippen MR) is 79.4 cm³/mol.